The van der Waals surface area contributed by atoms with Gasteiger partial charge in [-0.25, -0.2) is 8.78 Å². The Hall–Kier alpha value is -0.920. The Morgan fingerprint density at radius 2 is 1.85 bits per heavy atom. The highest BCUT2D eigenvalue weighted by molar-refractivity contribution is 5.33. The van der Waals surface area contributed by atoms with Crippen LogP contribution in [0.3, 0.4) is 0 Å². The van der Waals surface area contributed by atoms with Crippen molar-refractivity contribution in [2.24, 2.45) is 5.41 Å². The molecule has 0 heterocycles. The Morgan fingerprint density at radius 1 is 1.23 bits per heavy atom. The molecule has 72 valence electrons. The molecule has 0 N–H and O–H groups in total. The quantitative estimate of drug-likeness (QED) is 0.532. The van der Waals surface area contributed by atoms with E-state index < -0.39 is 11.7 Å². The molecule has 2 heteroatoms. The lowest BCUT2D eigenvalue weighted by molar-refractivity contribution is 0.467. The molecule has 1 aliphatic rings. The lowest BCUT2D eigenvalue weighted by Crippen LogP contribution is -2.09. The maximum Gasteiger partial charge on any atom is 0.126 e. The van der Waals surface area contributed by atoms with Crippen LogP contribution in [0.25, 0.3) is 0 Å². The molecular weight excluding hydrogens is 170 g/mol. The molecule has 0 unspecified atom stereocenters. The predicted molar refractivity (Wildman–Crippen MR) is 50.5 cm³/mol. The fraction of sp³-hybridized carbons (Fsp3) is 0.455. The SMILES string of the molecule is CC(C)(C)C1=C(F)C=C(F)C=CC1. The van der Waals surface area contributed by atoms with Crippen molar-refractivity contribution in [3.05, 3.63) is 35.5 Å². The van der Waals surface area contributed by atoms with Crippen LogP contribution in [0, 0.1) is 5.41 Å². The van der Waals surface area contributed by atoms with Crippen molar-refractivity contribution in [3.8, 4) is 0 Å². The Balaban J connectivity index is 3.10. The molecule has 0 saturated heterocycles. The first-order valence-electron chi connectivity index (χ1n) is 4.34. The van der Waals surface area contributed by atoms with Crippen LogP contribution < -0.4 is 0 Å². The van der Waals surface area contributed by atoms with E-state index in [4.69, 9.17) is 0 Å². The Labute approximate surface area is 77.6 Å². The summed E-state index contributed by atoms with van der Waals surface area (Å²) in [5.74, 6) is -0.952. The van der Waals surface area contributed by atoms with E-state index in [-0.39, 0.29) is 5.41 Å². The summed E-state index contributed by atoms with van der Waals surface area (Å²) in [4.78, 5) is 0. The molecule has 0 radical (unpaired) electrons. The summed E-state index contributed by atoms with van der Waals surface area (Å²) in [6.45, 7) is 5.77. The van der Waals surface area contributed by atoms with Gasteiger partial charge in [0.1, 0.15) is 11.7 Å². The van der Waals surface area contributed by atoms with E-state index in [0.29, 0.717) is 12.0 Å². The van der Waals surface area contributed by atoms with Crippen molar-refractivity contribution in [1.29, 1.82) is 0 Å². The van der Waals surface area contributed by atoms with Crippen LogP contribution in [0.15, 0.2) is 35.5 Å². The Kier molecular flexibility index (Phi) is 2.69. The molecule has 0 aromatic rings. The molecule has 0 bridgehead atoms. The molecule has 0 spiro atoms. The molecule has 0 aromatic heterocycles. The average molecular weight is 184 g/mol. The van der Waals surface area contributed by atoms with E-state index in [1.165, 1.54) is 6.08 Å². The van der Waals surface area contributed by atoms with Crippen molar-refractivity contribution >= 4 is 0 Å². The molecule has 0 aromatic carbocycles. The van der Waals surface area contributed by atoms with Crippen molar-refractivity contribution in [3.63, 3.8) is 0 Å². The van der Waals surface area contributed by atoms with Crippen molar-refractivity contribution < 1.29 is 8.78 Å². The van der Waals surface area contributed by atoms with Crippen LogP contribution in [0.5, 0.6) is 0 Å². The van der Waals surface area contributed by atoms with Gasteiger partial charge in [-0.05, 0) is 23.5 Å². The zero-order chi connectivity index (χ0) is 10.1. The third kappa shape index (κ3) is 2.51. The molecule has 0 aliphatic heterocycles. The van der Waals surface area contributed by atoms with E-state index >= 15 is 0 Å². The second-order valence-electron chi connectivity index (χ2n) is 4.21. The average Bonchev–Trinajstić information content (AvgIpc) is 2.08. The second kappa shape index (κ2) is 3.44. The zero-order valence-electron chi connectivity index (χ0n) is 8.20. The summed E-state index contributed by atoms with van der Waals surface area (Å²) in [7, 11) is 0. The Morgan fingerprint density at radius 3 is 2.38 bits per heavy atom. The van der Waals surface area contributed by atoms with Gasteiger partial charge >= 0.3 is 0 Å². The zero-order valence-corrected chi connectivity index (χ0v) is 8.20. The molecule has 0 atom stereocenters. The first-order valence-corrected chi connectivity index (χ1v) is 4.34. The van der Waals surface area contributed by atoms with Gasteiger partial charge in [0.2, 0.25) is 0 Å². The minimum absolute atomic E-state index is 0.241. The lowest BCUT2D eigenvalue weighted by atomic mass is 9.84. The van der Waals surface area contributed by atoms with E-state index in [0.717, 1.165) is 6.08 Å². The predicted octanol–water partition coefficient (Wildman–Crippen LogP) is 4.07. The van der Waals surface area contributed by atoms with Crippen LogP contribution in [0.4, 0.5) is 8.78 Å². The van der Waals surface area contributed by atoms with Gasteiger partial charge in [0, 0.05) is 6.08 Å². The highest BCUT2D eigenvalue weighted by Gasteiger charge is 2.21. The lowest BCUT2D eigenvalue weighted by Gasteiger charge is -2.21. The summed E-state index contributed by atoms with van der Waals surface area (Å²) in [5.41, 5.74) is 0.409. The Bertz CT molecular complexity index is 288. The second-order valence-corrected chi connectivity index (χ2v) is 4.21. The van der Waals surface area contributed by atoms with Crippen molar-refractivity contribution in [1.82, 2.24) is 0 Å². The van der Waals surface area contributed by atoms with Crippen LogP contribution in [-0.4, -0.2) is 0 Å². The normalized spacial score (nSPS) is 18.7. The number of hydrogen-bond donors (Lipinski definition) is 0. The standard InChI is InChI=1S/C11H14F2/c1-11(2,3)9-6-4-5-8(12)7-10(9)13/h4-5,7H,6H2,1-3H3. The van der Waals surface area contributed by atoms with Gasteiger partial charge in [-0.15, -0.1) is 0 Å². The van der Waals surface area contributed by atoms with E-state index in [1.807, 2.05) is 20.8 Å². The van der Waals surface area contributed by atoms with E-state index in [9.17, 15) is 8.78 Å². The van der Waals surface area contributed by atoms with Crippen molar-refractivity contribution in [2.75, 3.05) is 0 Å². The monoisotopic (exact) mass is 184 g/mol. The summed E-state index contributed by atoms with van der Waals surface area (Å²) in [5, 5.41) is 0. The smallest absolute Gasteiger partial charge is 0.126 e. The molecule has 0 saturated carbocycles. The highest BCUT2D eigenvalue weighted by atomic mass is 19.1. The van der Waals surface area contributed by atoms with Crippen LogP contribution in [0.1, 0.15) is 27.2 Å². The van der Waals surface area contributed by atoms with Crippen LogP contribution in [0.2, 0.25) is 0 Å². The maximum absolute atomic E-state index is 13.4. The van der Waals surface area contributed by atoms with Gasteiger partial charge in [-0.1, -0.05) is 26.8 Å². The fourth-order valence-corrected chi connectivity index (χ4v) is 1.31. The molecule has 0 nitrogen and oxygen atoms in total. The highest BCUT2D eigenvalue weighted by Crippen LogP contribution is 2.34. The van der Waals surface area contributed by atoms with Crippen LogP contribution in [-0.2, 0) is 0 Å². The van der Waals surface area contributed by atoms with Crippen molar-refractivity contribution in [2.45, 2.75) is 27.2 Å². The van der Waals surface area contributed by atoms with Crippen LogP contribution >= 0.6 is 0 Å². The molecular formula is C11H14F2. The maximum atomic E-state index is 13.4. The first-order chi connectivity index (χ1) is 5.91. The van der Waals surface area contributed by atoms with E-state index in [1.54, 1.807) is 6.08 Å². The molecule has 1 aliphatic carbocycles. The summed E-state index contributed by atoms with van der Waals surface area (Å²) in [6.07, 6.45) is 4.39. The topological polar surface area (TPSA) is 0 Å². The van der Waals surface area contributed by atoms with Gasteiger partial charge in [-0.3, -0.25) is 0 Å². The first kappa shape index (κ1) is 10.2. The summed E-state index contributed by atoms with van der Waals surface area (Å²) in [6, 6.07) is 0. The minimum Gasteiger partial charge on any atom is -0.207 e. The minimum atomic E-state index is -0.517. The molecule has 1 rings (SSSR count). The van der Waals surface area contributed by atoms with Gasteiger partial charge in [0.25, 0.3) is 0 Å². The summed E-state index contributed by atoms with van der Waals surface area (Å²) < 4.78 is 26.1. The number of hydrogen-bond acceptors (Lipinski definition) is 0. The molecule has 0 fully saturated rings. The van der Waals surface area contributed by atoms with Gasteiger partial charge in [0.05, 0.1) is 0 Å². The number of rotatable bonds is 0. The third-order valence-electron chi connectivity index (χ3n) is 2.06. The van der Waals surface area contributed by atoms with Gasteiger partial charge < -0.3 is 0 Å². The molecule has 0 amide bonds. The third-order valence-corrected chi connectivity index (χ3v) is 2.06. The van der Waals surface area contributed by atoms with Gasteiger partial charge in [0.15, 0.2) is 0 Å². The van der Waals surface area contributed by atoms with Gasteiger partial charge in [-0.2, -0.15) is 0 Å². The number of halogens is 2. The summed E-state index contributed by atoms with van der Waals surface area (Å²) >= 11 is 0. The molecule has 13 heavy (non-hydrogen) atoms. The number of allylic oxidation sites excluding steroid dienone is 6. The fourth-order valence-electron chi connectivity index (χ4n) is 1.31. The van der Waals surface area contributed by atoms with E-state index in [2.05, 4.69) is 0 Å². The largest absolute Gasteiger partial charge is 0.207 e.